The highest BCUT2D eigenvalue weighted by atomic mass is 35.5. The van der Waals surface area contributed by atoms with E-state index in [0.29, 0.717) is 41.2 Å². The van der Waals surface area contributed by atoms with Crippen molar-refractivity contribution in [1.29, 1.82) is 0 Å². The van der Waals surface area contributed by atoms with Crippen LogP contribution in [0, 0.1) is 0 Å². The molecule has 0 radical (unpaired) electrons. The minimum atomic E-state index is -0.370. The number of aliphatic imine (C=N–C) groups is 1. The summed E-state index contributed by atoms with van der Waals surface area (Å²) in [7, 11) is 0. The van der Waals surface area contributed by atoms with Gasteiger partial charge in [0.15, 0.2) is 12.2 Å². The van der Waals surface area contributed by atoms with Crippen molar-refractivity contribution in [2.75, 3.05) is 19.7 Å². The second kappa shape index (κ2) is 9.03. The number of nitrogens with zero attached hydrogens (tertiary/aromatic N) is 2. The topological polar surface area (TPSA) is 80.9 Å². The molecule has 0 fully saturated rings. The molecule has 28 heavy (non-hydrogen) atoms. The summed E-state index contributed by atoms with van der Waals surface area (Å²) in [6, 6.07) is 8.93. The Morgan fingerprint density at radius 2 is 2.04 bits per heavy atom. The zero-order valence-electron chi connectivity index (χ0n) is 16.2. The fourth-order valence-corrected chi connectivity index (χ4v) is 3.37. The number of fused-ring (bicyclic) bond motifs is 1. The van der Waals surface area contributed by atoms with Crippen LogP contribution in [0.15, 0.2) is 46.0 Å². The Kier molecular flexibility index (Phi) is 6.99. The van der Waals surface area contributed by atoms with Gasteiger partial charge in [-0.15, -0.1) is 0 Å². The molecule has 2 aromatic rings. The molecule has 0 saturated carbocycles. The Morgan fingerprint density at radius 1 is 1.25 bits per heavy atom. The summed E-state index contributed by atoms with van der Waals surface area (Å²) in [6.07, 6.45) is 1.58. The first-order valence-corrected chi connectivity index (χ1v) is 9.04. The van der Waals surface area contributed by atoms with Gasteiger partial charge in [0.2, 0.25) is 5.84 Å². The van der Waals surface area contributed by atoms with Crippen molar-refractivity contribution in [2.24, 2.45) is 4.99 Å². The maximum Gasteiger partial charge on any atom is 0.338 e. The van der Waals surface area contributed by atoms with Crippen LogP contribution in [0.4, 0.5) is 11.4 Å². The zero-order chi connectivity index (χ0) is 19.4. The Hall–Kier alpha value is -2.64. The second-order valence-corrected chi connectivity index (χ2v) is 6.38. The summed E-state index contributed by atoms with van der Waals surface area (Å²) in [5.74, 6) is 1.07. The molecule has 1 N–H and O–H groups in total. The lowest BCUT2D eigenvalue weighted by atomic mass is 10.1. The third-order valence-corrected chi connectivity index (χ3v) is 4.84. The zero-order valence-corrected chi connectivity index (χ0v) is 17.0. The summed E-state index contributed by atoms with van der Waals surface area (Å²) in [5, 5.41) is 2.89. The number of nitrogens with one attached hydrogen (secondary N) is 1. The Balaban J connectivity index is 0.00000280. The average molecular weight is 406 g/mol. The van der Waals surface area contributed by atoms with Gasteiger partial charge in [-0.05, 0) is 38.1 Å². The highest BCUT2D eigenvalue weighted by molar-refractivity contribution is 6.05. The van der Waals surface area contributed by atoms with Gasteiger partial charge in [-0.1, -0.05) is 0 Å². The molecular formula is C20H24ClN3O4. The molecule has 1 aromatic heterocycles. The molecule has 3 rings (SSSR count). The minimum Gasteiger partial charge on any atom is -1.00 e. The summed E-state index contributed by atoms with van der Waals surface area (Å²) < 4.78 is 10.6. The third kappa shape index (κ3) is 4.10. The second-order valence-electron chi connectivity index (χ2n) is 6.38. The molecule has 8 heteroatoms. The molecule has 1 unspecified atom stereocenters. The number of amidine groups is 1. The van der Waals surface area contributed by atoms with Gasteiger partial charge in [0, 0.05) is 13.0 Å². The van der Waals surface area contributed by atoms with Crippen molar-refractivity contribution in [3.8, 4) is 0 Å². The van der Waals surface area contributed by atoms with E-state index >= 15 is 0 Å². The molecule has 0 spiro atoms. The van der Waals surface area contributed by atoms with Gasteiger partial charge in [-0.25, -0.2) is 9.28 Å². The molecule has 0 bridgehead atoms. The molecule has 1 aromatic carbocycles. The van der Waals surface area contributed by atoms with E-state index in [4.69, 9.17) is 9.15 Å². The van der Waals surface area contributed by atoms with Gasteiger partial charge < -0.3 is 26.9 Å². The van der Waals surface area contributed by atoms with Crippen LogP contribution >= 0.6 is 0 Å². The minimum absolute atomic E-state index is 0. The monoisotopic (exact) mass is 405 g/mol. The average Bonchev–Trinajstić information content (AvgIpc) is 3.26. The van der Waals surface area contributed by atoms with Crippen molar-refractivity contribution in [2.45, 2.75) is 27.3 Å². The number of rotatable bonds is 7. The van der Waals surface area contributed by atoms with Crippen LogP contribution in [-0.2, 0) is 16.1 Å². The summed E-state index contributed by atoms with van der Waals surface area (Å²) in [4.78, 5) is 29.2. The number of hydrogen-bond donors (Lipinski definition) is 1. The van der Waals surface area contributed by atoms with Crippen LogP contribution in [-0.4, -0.2) is 37.4 Å². The van der Waals surface area contributed by atoms with E-state index in [1.807, 2.05) is 26.0 Å². The highest BCUT2D eigenvalue weighted by Gasteiger charge is 2.42. The normalized spacial score (nSPS) is 17.3. The molecule has 0 saturated heterocycles. The van der Waals surface area contributed by atoms with Gasteiger partial charge in [-0.2, -0.15) is 4.99 Å². The summed E-state index contributed by atoms with van der Waals surface area (Å²) >= 11 is 0. The predicted octanol–water partition coefficient (Wildman–Crippen LogP) is 0.167. The Bertz CT molecular complexity index is 880. The maximum absolute atomic E-state index is 12.6. The maximum atomic E-state index is 12.6. The molecule has 1 atom stereocenters. The molecule has 7 nitrogen and oxygen atoms in total. The van der Waals surface area contributed by atoms with Gasteiger partial charge in [0.1, 0.15) is 11.4 Å². The molecule has 1 amide bonds. The number of amides is 1. The number of hydrogen-bond acceptors (Lipinski definition) is 5. The molecular weight excluding hydrogens is 382 g/mol. The number of carbonyl (C=O) groups excluding carboxylic acids is 2. The first-order chi connectivity index (χ1) is 13.0. The largest absolute Gasteiger partial charge is 1.00 e. The summed E-state index contributed by atoms with van der Waals surface area (Å²) in [5.41, 5.74) is 2.08. The number of quaternary nitrogens is 1. The van der Waals surface area contributed by atoms with Crippen molar-refractivity contribution in [3.05, 3.63) is 47.9 Å². The number of likely N-dealkylation sites (N-methyl/N-ethyl adjacent to an activating group) is 1. The molecule has 150 valence electrons. The number of esters is 1. The van der Waals surface area contributed by atoms with Crippen molar-refractivity contribution in [1.82, 2.24) is 9.80 Å². The lowest BCUT2D eigenvalue weighted by molar-refractivity contribution is -0.121. The highest BCUT2D eigenvalue weighted by Crippen LogP contribution is 2.41. The molecule has 0 aliphatic carbocycles. The van der Waals surface area contributed by atoms with Crippen LogP contribution in [0.1, 0.15) is 36.9 Å². The molecule has 1 aliphatic heterocycles. The van der Waals surface area contributed by atoms with Crippen molar-refractivity contribution < 1.29 is 31.2 Å². The van der Waals surface area contributed by atoms with E-state index in [2.05, 4.69) is 10.3 Å². The first kappa shape index (κ1) is 21.7. The van der Waals surface area contributed by atoms with Crippen molar-refractivity contribution >= 4 is 29.1 Å². The van der Waals surface area contributed by atoms with E-state index in [9.17, 15) is 9.59 Å². The number of carbonyl (C=O) groups is 2. The molecule has 1 aliphatic rings. The lowest BCUT2D eigenvalue weighted by Crippen LogP contribution is -3.00. The fourth-order valence-electron chi connectivity index (χ4n) is 3.37. The van der Waals surface area contributed by atoms with Crippen LogP contribution in [0.3, 0.4) is 0 Å². The van der Waals surface area contributed by atoms with E-state index in [1.54, 1.807) is 31.4 Å². The number of furan rings is 1. The Labute approximate surface area is 170 Å². The first-order valence-electron chi connectivity index (χ1n) is 9.04. The predicted molar refractivity (Wildman–Crippen MR) is 103 cm³/mol. The van der Waals surface area contributed by atoms with E-state index in [0.717, 1.165) is 11.5 Å². The van der Waals surface area contributed by atoms with Crippen molar-refractivity contribution in [3.63, 3.8) is 0 Å². The molecule has 2 heterocycles. The van der Waals surface area contributed by atoms with Gasteiger partial charge in [0.25, 0.3) is 5.91 Å². The van der Waals surface area contributed by atoms with Gasteiger partial charge in [0.05, 0.1) is 31.5 Å². The third-order valence-electron chi connectivity index (χ3n) is 4.84. The Morgan fingerprint density at radius 3 is 2.68 bits per heavy atom. The van der Waals surface area contributed by atoms with E-state index in [-0.39, 0.29) is 30.8 Å². The van der Waals surface area contributed by atoms with Crippen LogP contribution in [0.2, 0.25) is 0 Å². The fraction of sp³-hybridized carbons (Fsp3) is 0.350. The van der Waals surface area contributed by atoms with E-state index < -0.39 is 0 Å². The SMILES string of the molecule is CCOC(=O)c1ccc2c(c1)N=C(C)[N+]2(CC)CC(=O)NCc1ccco1.[Cl-]. The number of benzene rings is 1. The lowest BCUT2D eigenvalue weighted by Gasteiger charge is -2.32. The smallest absolute Gasteiger partial charge is 0.338 e. The van der Waals surface area contributed by atoms with Crippen LogP contribution in [0.25, 0.3) is 0 Å². The quantitative estimate of drug-likeness (QED) is 0.526. The van der Waals surface area contributed by atoms with Crippen LogP contribution in [0.5, 0.6) is 0 Å². The van der Waals surface area contributed by atoms with Gasteiger partial charge in [-0.3, -0.25) is 4.79 Å². The number of halogens is 1. The van der Waals surface area contributed by atoms with Crippen LogP contribution < -0.4 is 22.2 Å². The number of ether oxygens (including phenoxy) is 1. The van der Waals surface area contributed by atoms with Gasteiger partial charge >= 0.3 is 5.97 Å². The summed E-state index contributed by atoms with van der Waals surface area (Å²) in [6.45, 7) is 7.28. The standard InChI is InChI=1S/C20H23N3O4.ClH/c1-4-23(13-19(24)21-12-16-7-6-10-27-16)14(3)22-17-11-15(8-9-18(17)23)20(25)26-5-2;/h6-11H,4-5,12-13H2,1-3H3;1H. The van der Waals surface area contributed by atoms with E-state index in [1.165, 1.54) is 0 Å².